The van der Waals surface area contributed by atoms with E-state index < -0.39 is 11.6 Å². The number of ketones is 3. The van der Waals surface area contributed by atoms with Crippen molar-refractivity contribution in [2.24, 2.45) is 0 Å². The van der Waals surface area contributed by atoms with Crippen LogP contribution in [0.3, 0.4) is 0 Å². The van der Waals surface area contributed by atoms with Crippen LogP contribution < -0.4 is 0 Å². The molecule has 0 atom stereocenters. The van der Waals surface area contributed by atoms with Crippen LogP contribution in [0.15, 0.2) is 84.4 Å². The lowest BCUT2D eigenvalue weighted by molar-refractivity contribution is 0.0940. The maximum absolute atomic E-state index is 13.2. The van der Waals surface area contributed by atoms with Crippen molar-refractivity contribution >= 4 is 22.9 Å². The Morgan fingerprint density at radius 3 is 1.85 bits per heavy atom. The SMILES string of the molecule is Cc1ccc(C2=C(C(=O)c3ccccc3)C(=O)c3ccccc3C2=O)cc1. The van der Waals surface area contributed by atoms with Crippen LogP contribution in [-0.2, 0) is 0 Å². The molecule has 3 aromatic carbocycles. The van der Waals surface area contributed by atoms with Gasteiger partial charge in [0.1, 0.15) is 0 Å². The monoisotopic (exact) mass is 352 g/mol. The number of rotatable bonds is 3. The zero-order chi connectivity index (χ0) is 19.0. The number of aryl methyl sites for hydroxylation is 1. The number of hydrogen-bond donors (Lipinski definition) is 0. The molecule has 3 aromatic rings. The largest absolute Gasteiger partial charge is 0.289 e. The van der Waals surface area contributed by atoms with Crippen molar-refractivity contribution in [3.05, 3.63) is 112 Å². The molecule has 0 unspecified atom stereocenters. The van der Waals surface area contributed by atoms with Gasteiger partial charge in [-0.25, -0.2) is 0 Å². The first-order valence-electron chi connectivity index (χ1n) is 8.67. The highest BCUT2D eigenvalue weighted by Gasteiger charge is 2.36. The highest BCUT2D eigenvalue weighted by molar-refractivity contribution is 6.49. The van der Waals surface area contributed by atoms with Gasteiger partial charge in [0.25, 0.3) is 0 Å². The molecule has 3 heteroatoms. The Hall–Kier alpha value is -3.59. The minimum atomic E-state index is -0.431. The lowest BCUT2D eigenvalue weighted by Gasteiger charge is -2.21. The lowest BCUT2D eigenvalue weighted by Crippen LogP contribution is -2.26. The van der Waals surface area contributed by atoms with E-state index in [0.717, 1.165) is 5.56 Å². The molecule has 0 aromatic heterocycles. The van der Waals surface area contributed by atoms with Gasteiger partial charge in [-0.05, 0) is 12.5 Å². The van der Waals surface area contributed by atoms with Crippen molar-refractivity contribution in [1.29, 1.82) is 0 Å². The Labute approximate surface area is 157 Å². The third-order valence-electron chi connectivity index (χ3n) is 4.72. The van der Waals surface area contributed by atoms with E-state index in [4.69, 9.17) is 0 Å². The number of allylic oxidation sites excluding steroid dienone is 2. The van der Waals surface area contributed by atoms with Crippen LogP contribution in [0, 0.1) is 6.92 Å². The van der Waals surface area contributed by atoms with Crippen molar-refractivity contribution in [2.75, 3.05) is 0 Å². The summed E-state index contributed by atoms with van der Waals surface area (Å²) in [6.45, 7) is 1.94. The minimum Gasteiger partial charge on any atom is -0.289 e. The van der Waals surface area contributed by atoms with Crippen LogP contribution in [0.4, 0.5) is 0 Å². The Morgan fingerprint density at radius 1 is 0.667 bits per heavy atom. The molecule has 0 saturated carbocycles. The molecule has 1 aliphatic rings. The summed E-state index contributed by atoms with van der Waals surface area (Å²) < 4.78 is 0. The molecule has 0 aliphatic heterocycles. The van der Waals surface area contributed by atoms with E-state index in [1.165, 1.54) is 0 Å². The van der Waals surface area contributed by atoms with Gasteiger partial charge in [-0.15, -0.1) is 0 Å². The van der Waals surface area contributed by atoms with Gasteiger partial charge < -0.3 is 0 Å². The summed E-state index contributed by atoms with van der Waals surface area (Å²) in [4.78, 5) is 39.6. The van der Waals surface area contributed by atoms with Gasteiger partial charge in [0.2, 0.25) is 0 Å². The number of hydrogen-bond acceptors (Lipinski definition) is 3. The summed E-state index contributed by atoms with van der Waals surface area (Å²) in [6.07, 6.45) is 0. The van der Waals surface area contributed by atoms with Crippen molar-refractivity contribution in [2.45, 2.75) is 6.92 Å². The van der Waals surface area contributed by atoms with Gasteiger partial charge in [0.15, 0.2) is 17.3 Å². The topological polar surface area (TPSA) is 51.2 Å². The molecular weight excluding hydrogens is 336 g/mol. The molecule has 4 rings (SSSR count). The zero-order valence-electron chi connectivity index (χ0n) is 14.7. The van der Waals surface area contributed by atoms with Crippen LogP contribution in [0.25, 0.3) is 5.57 Å². The second-order valence-electron chi connectivity index (χ2n) is 6.52. The third kappa shape index (κ3) is 2.83. The Bertz CT molecular complexity index is 1100. The summed E-state index contributed by atoms with van der Waals surface area (Å²) in [5, 5.41) is 0. The smallest absolute Gasteiger partial charge is 0.198 e. The summed E-state index contributed by atoms with van der Waals surface area (Å²) in [5.74, 6) is -1.14. The number of Topliss-reactive ketones (excluding diaryl/α,β-unsaturated/α-hetero) is 3. The van der Waals surface area contributed by atoms with E-state index in [9.17, 15) is 14.4 Å². The van der Waals surface area contributed by atoms with Crippen LogP contribution in [0.2, 0.25) is 0 Å². The standard InChI is InChI=1S/C24H16O3/c1-15-11-13-16(14-12-15)20-21(22(25)17-7-3-2-4-8-17)24(27)19-10-6-5-9-18(19)23(20)26/h2-14H,1H3. The van der Waals surface area contributed by atoms with E-state index in [-0.39, 0.29) is 22.5 Å². The number of carbonyl (C=O) groups is 3. The number of carbonyl (C=O) groups excluding carboxylic acids is 3. The molecule has 0 radical (unpaired) electrons. The van der Waals surface area contributed by atoms with E-state index in [0.29, 0.717) is 16.7 Å². The third-order valence-corrected chi connectivity index (χ3v) is 4.72. The molecule has 0 bridgehead atoms. The van der Waals surface area contributed by atoms with Crippen molar-refractivity contribution in [3.8, 4) is 0 Å². The fourth-order valence-corrected chi connectivity index (χ4v) is 3.32. The zero-order valence-corrected chi connectivity index (χ0v) is 14.7. The summed E-state index contributed by atoms with van der Waals surface area (Å²) in [5.41, 5.74) is 2.72. The van der Waals surface area contributed by atoms with E-state index >= 15 is 0 Å². The van der Waals surface area contributed by atoms with E-state index in [2.05, 4.69) is 0 Å². The average molecular weight is 352 g/mol. The fourth-order valence-electron chi connectivity index (χ4n) is 3.32. The van der Waals surface area contributed by atoms with Crippen molar-refractivity contribution in [3.63, 3.8) is 0 Å². The molecular formula is C24H16O3. The maximum Gasteiger partial charge on any atom is 0.198 e. The summed E-state index contributed by atoms with van der Waals surface area (Å²) >= 11 is 0. The van der Waals surface area contributed by atoms with Crippen LogP contribution in [0.1, 0.15) is 42.2 Å². The molecule has 0 fully saturated rings. The van der Waals surface area contributed by atoms with Gasteiger partial charge in [0.05, 0.1) is 5.57 Å². The molecule has 27 heavy (non-hydrogen) atoms. The molecule has 0 spiro atoms. The predicted octanol–water partition coefficient (Wildman–Crippen LogP) is 4.71. The van der Waals surface area contributed by atoms with Gasteiger partial charge in [-0.2, -0.15) is 0 Å². The van der Waals surface area contributed by atoms with Gasteiger partial charge >= 0.3 is 0 Å². The normalized spacial score (nSPS) is 13.5. The Morgan fingerprint density at radius 2 is 1.22 bits per heavy atom. The molecule has 1 aliphatic carbocycles. The minimum absolute atomic E-state index is 0.0613. The molecule has 0 heterocycles. The number of benzene rings is 3. The quantitative estimate of drug-likeness (QED) is 0.507. The fraction of sp³-hybridized carbons (Fsp3) is 0.0417. The average Bonchev–Trinajstić information content (AvgIpc) is 2.71. The first kappa shape index (κ1) is 16.9. The van der Waals surface area contributed by atoms with Gasteiger partial charge in [-0.3, -0.25) is 14.4 Å². The van der Waals surface area contributed by atoms with Gasteiger partial charge in [-0.1, -0.05) is 84.4 Å². The first-order chi connectivity index (χ1) is 13.1. The lowest BCUT2D eigenvalue weighted by atomic mass is 9.78. The van der Waals surface area contributed by atoms with E-state index in [1.54, 1.807) is 66.7 Å². The van der Waals surface area contributed by atoms with Crippen LogP contribution in [0.5, 0.6) is 0 Å². The second kappa shape index (κ2) is 6.61. The van der Waals surface area contributed by atoms with Crippen molar-refractivity contribution in [1.82, 2.24) is 0 Å². The number of fused-ring (bicyclic) bond motifs is 1. The van der Waals surface area contributed by atoms with Gasteiger partial charge in [0, 0.05) is 22.3 Å². The van der Waals surface area contributed by atoms with Crippen LogP contribution >= 0.6 is 0 Å². The Kier molecular flexibility index (Phi) is 4.13. The summed E-state index contributed by atoms with van der Waals surface area (Å²) in [6, 6.07) is 22.5. The summed E-state index contributed by atoms with van der Waals surface area (Å²) in [7, 11) is 0. The predicted molar refractivity (Wildman–Crippen MR) is 104 cm³/mol. The molecule has 130 valence electrons. The van der Waals surface area contributed by atoms with Crippen LogP contribution in [-0.4, -0.2) is 17.3 Å². The molecule has 0 saturated heterocycles. The Balaban J connectivity index is 1.99. The highest BCUT2D eigenvalue weighted by atomic mass is 16.2. The maximum atomic E-state index is 13.2. The molecule has 0 amide bonds. The van der Waals surface area contributed by atoms with Crippen molar-refractivity contribution < 1.29 is 14.4 Å². The second-order valence-corrected chi connectivity index (χ2v) is 6.52. The molecule has 3 nitrogen and oxygen atoms in total. The highest BCUT2D eigenvalue weighted by Crippen LogP contribution is 2.34. The molecule has 0 N–H and O–H groups in total. The first-order valence-corrected chi connectivity index (χ1v) is 8.67. The van der Waals surface area contributed by atoms with E-state index in [1.807, 2.05) is 19.1 Å².